The molecule has 0 bridgehead atoms. The summed E-state index contributed by atoms with van der Waals surface area (Å²) in [4.78, 5) is 23.9. The molecular weight excluding hydrogens is 342 g/mol. The summed E-state index contributed by atoms with van der Waals surface area (Å²) in [7, 11) is 0. The molecule has 2 aromatic carbocycles. The van der Waals surface area contributed by atoms with Crippen molar-refractivity contribution >= 4 is 29.2 Å². The second kappa shape index (κ2) is 8.53. The molecule has 132 valence electrons. The molecule has 2 rings (SSSR count). The summed E-state index contributed by atoms with van der Waals surface area (Å²) in [5.74, 6) is -0.0850. The monoisotopic (exact) mass is 361 g/mol. The number of halogens is 1. The number of carbonyl (C=O) groups excluding carboxylic acids is 2. The van der Waals surface area contributed by atoms with Crippen molar-refractivity contribution in [2.24, 2.45) is 0 Å². The largest absolute Gasteiger partial charge is 0.481 e. The number of rotatable bonds is 6. The van der Waals surface area contributed by atoms with Crippen molar-refractivity contribution < 1.29 is 19.1 Å². The van der Waals surface area contributed by atoms with Crippen LogP contribution in [-0.4, -0.2) is 24.6 Å². The molecule has 0 saturated carbocycles. The molecule has 1 amide bonds. The van der Waals surface area contributed by atoms with Gasteiger partial charge in [-0.3, -0.25) is 4.79 Å². The molecule has 0 fully saturated rings. The Kier molecular flexibility index (Phi) is 6.42. The molecule has 2 aromatic rings. The Hall–Kier alpha value is -2.53. The average molecular weight is 362 g/mol. The van der Waals surface area contributed by atoms with E-state index in [2.05, 4.69) is 5.32 Å². The maximum Gasteiger partial charge on any atom is 0.338 e. The molecule has 0 saturated heterocycles. The van der Waals surface area contributed by atoms with Crippen molar-refractivity contribution in [2.45, 2.75) is 26.9 Å². The number of carbonyl (C=O) groups is 2. The third-order valence-corrected chi connectivity index (χ3v) is 3.71. The Balaban J connectivity index is 1.97. The average Bonchev–Trinajstić information content (AvgIpc) is 2.58. The first kappa shape index (κ1) is 18.8. The van der Waals surface area contributed by atoms with E-state index in [0.717, 1.165) is 5.56 Å². The Morgan fingerprint density at radius 1 is 1.16 bits per heavy atom. The number of aryl methyl sites for hydroxylation is 1. The zero-order chi connectivity index (χ0) is 18.4. The predicted octanol–water partition coefficient (Wildman–Crippen LogP) is 4.23. The zero-order valence-electron chi connectivity index (χ0n) is 14.3. The molecular formula is C19H20ClNO4. The second-order valence-corrected chi connectivity index (χ2v) is 5.89. The third-order valence-electron chi connectivity index (χ3n) is 3.47. The first-order valence-electron chi connectivity index (χ1n) is 7.91. The van der Waals surface area contributed by atoms with Crippen LogP contribution in [0.3, 0.4) is 0 Å². The highest BCUT2D eigenvalue weighted by Crippen LogP contribution is 2.23. The number of anilines is 1. The van der Waals surface area contributed by atoms with Gasteiger partial charge in [0.25, 0.3) is 5.91 Å². The summed E-state index contributed by atoms with van der Waals surface area (Å²) >= 11 is 5.91. The maximum atomic E-state index is 12.3. The minimum Gasteiger partial charge on any atom is -0.481 e. The normalized spacial score (nSPS) is 11.5. The van der Waals surface area contributed by atoms with E-state index in [9.17, 15) is 9.59 Å². The van der Waals surface area contributed by atoms with Gasteiger partial charge in [0, 0.05) is 10.7 Å². The van der Waals surface area contributed by atoms with Gasteiger partial charge in [-0.25, -0.2) is 4.79 Å². The van der Waals surface area contributed by atoms with Gasteiger partial charge < -0.3 is 14.8 Å². The lowest BCUT2D eigenvalue weighted by molar-refractivity contribution is -0.122. The molecule has 25 heavy (non-hydrogen) atoms. The fourth-order valence-corrected chi connectivity index (χ4v) is 2.36. The smallest absolute Gasteiger partial charge is 0.338 e. The highest BCUT2D eigenvalue weighted by molar-refractivity contribution is 6.30. The van der Waals surface area contributed by atoms with E-state index in [0.29, 0.717) is 28.6 Å². The van der Waals surface area contributed by atoms with Crippen molar-refractivity contribution in [3.63, 3.8) is 0 Å². The van der Waals surface area contributed by atoms with E-state index in [1.54, 1.807) is 56.3 Å². The van der Waals surface area contributed by atoms with E-state index < -0.39 is 12.1 Å². The lowest BCUT2D eigenvalue weighted by atomic mass is 10.2. The highest BCUT2D eigenvalue weighted by atomic mass is 35.5. The highest BCUT2D eigenvalue weighted by Gasteiger charge is 2.16. The minimum atomic E-state index is -0.690. The number of benzene rings is 2. The van der Waals surface area contributed by atoms with Gasteiger partial charge in [-0.2, -0.15) is 0 Å². The van der Waals surface area contributed by atoms with Crippen LogP contribution in [0.2, 0.25) is 5.02 Å². The van der Waals surface area contributed by atoms with Crippen LogP contribution < -0.4 is 10.1 Å². The topological polar surface area (TPSA) is 64.6 Å². The number of hydrogen-bond acceptors (Lipinski definition) is 4. The molecule has 0 radical (unpaired) electrons. The van der Waals surface area contributed by atoms with Crippen molar-refractivity contribution in [1.82, 2.24) is 0 Å². The molecule has 0 aliphatic rings. The van der Waals surface area contributed by atoms with Crippen LogP contribution in [0.5, 0.6) is 5.75 Å². The van der Waals surface area contributed by atoms with Crippen LogP contribution in [0, 0.1) is 6.92 Å². The molecule has 1 N–H and O–H groups in total. The summed E-state index contributed by atoms with van der Waals surface area (Å²) in [6.45, 7) is 5.59. The van der Waals surface area contributed by atoms with Crippen molar-refractivity contribution in [3.8, 4) is 5.75 Å². The van der Waals surface area contributed by atoms with Gasteiger partial charge in [0.1, 0.15) is 5.75 Å². The maximum absolute atomic E-state index is 12.3. The standard InChI is InChI=1S/C19H20ClNO4/c1-4-24-19(23)14-5-8-16(9-6-14)21-18(22)13(3)25-17-10-7-15(20)11-12(17)2/h5-11,13H,4H2,1-3H3,(H,21,22)/t13-/m1/s1. The molecule has 5 nitrogen and oxygen atoms in total. The lowest BCUT2D eigenvalue weighted by Crippen LogP contribution is -2.30. The minimum absolute atomic E-state index is 0.293. The Labute approximate surface area is 151 Å². The number of nitrogens with one attached hydrogen (secondary N) is 1. The molecule has 0 unspecified atom stereocenters. The van der Waals surface area contributed by atoms with E-state index in [1.807, 2.05) is 6.92 Å². The molecule has 1 atom stereocenters. The fraction of sp³-hybridized carbons (Fsp3) is 0.263. The van der Waals surface area contributed by atoms with Crippen molar-refractivity contribution in [3.05, 3.63) is 58.6 Å². The van der Waals surface area contributed by atoms with Crippen molar-refractivity contribution in [1.29, 1.82) is 0 Å². The van der Waals surface area contributed by atoms with Gasteiger partial charge in [0.05, 0.1) is 12.2 Å². The van der Waals surface area contributed by atoms with E-state index in [4.69, 9.17) is 21.1 Å². The van der Waals surface area contributed by atoms with Crippen LogP contribution in [0.25, 0.3) is 0 Å². The fourth-order valence-electron chi connectivity index (χ4n) is 2.14. The first-order valence-corrected chi connectivity index (χ1v) is 8.29. The molecule has 0 spiro atoms. The first-order chi connectivity index (χ1) is 11.9. The Bertz CT molecular complexity index is 759. The molecule has 0 aliphatic carbocycles. The van der Waals surface area contributed by atoms with Crippen LogP contribution in [-0.2, 0) is 9.53 Å². The zero-order valence-corrected chi connectivity index (χ0v) is 15.1. The Morgan fingerprint density at radius 2 is 1.84 bits per heavy atom. The van der Waals surface area contributed by atoms with Gasteiger partial charge in [-0.1, -0.05) is 11.6 Å². The van der Waals surface area contributed by atoms with E-state index >= 15 is 0 Å². The van der Waals surface area contributed by atoms with E-state index in [1.165, 1.54) is 0 Å². The van der Waals surface area contributed by atoms with Crippen LogP contribution in [0.1, 0.15) is 29.8 Å². The Morgan fingerprint density at radius 3 is 2.44 bits per heavy atom. The predicted molar refractivity (Wildman–Crippen MR) is 97.3 cm³/mol. The number of hydrogen-bond donors (Lipinski definition) is 1. The van der Waals surface area contributed by atoms with E-state index in [-0.39, 0.29) is 5.91 Å². The van der Waals surface area contributed by atoms with Crippen LogP contribution in [0.15, 0.2) is 42.5 Å². The summed E-state index contributed by atoms with van der Waals surface area (Å²) in [6, 6.07) is 11.7. The lowest BCUT2D eigenvalue weighted by Gasteiger charge is -2.16. The van der Waals surface area contributed by atoms with Gasteiger partial charge in [-0.05, 0) is 68.8 Å². The van der Waals surface area contributed by atoms with Gasteiger partial charge in [0.2, 0.25) is 0 Å². The van der Waals surface area contributed by atoms with Crippen molar-refractivity contribution in [2.75, 3.05) is 11.9 Å². The van der Waals surface area contributed by atoms with Crippen LogP contribution >= 0.6 is 11.6 Å². The number of amides is 1. The second-order valence-electron chi connectivity index (χ2n) is 5.46. The SMILES string of the molecule is CCOC(=O)c1ccc(NC(=O)[C@@H](C)Oc2ccc(Cl)cc2C)cc1. The summed E-state index contributed by atoms with van der Waals surface area (Å²) in [5.41, 5.74) is 1.85. The third kappa shape index (κ3) is 5.22. The number of esters is 1. The summed E-state index contributed by atoms with van der Waals surface area (Å²) in [5, 5.41) is 3.36. The molecule has 0 heterocycles. The summed E-state index contributed by atoms with van der Waals surface area (Å²) in [6.07, 6.45) is -0.690. The molecule has 6 heteroatoms. The van der Waals surface area contributed by atoms with Gasteiger partial charge in [0.15, 0.2) is 6.10 Å². The number of ether oxygens (including phenoxy) is 2. The molecule has 0 aliphatic heterocycles. The summed E-state index contributed by atoms with van der Waals surface area (Å²) < 4.78 is 10.6. The van der Waals surface area contributed by atoms with Gasteiger partial charge >= 0.3 is 5.97 Å². The van der Waals surface area contributed by atoms with Gasteiger partial charge in [-0.15, -0.1) is 0 Å². The molecule has 0 aromatic heterocycles. The quantitative estimate of drug-likeness (QED) is 0.782. The van der Waals surface area contributed by atoms with Crippen LogP contribution in [0.4, 0.5) is 5.69 Å².